The highest BCUT2D eigenvalue weighted by atomic mass is 16.6. The molecule has 0 saturated carbocycles. The minimum absolute atomic E-state index is 0.0428. The third kappa shape index (κ3) is 9.27. The van der Waals surface area contributed by atoms with Crippen molar-refractivity contribution in [2.24, 2.45) is 0 Å². The van der Waals surface area contributed by atoms with E-state index in [1.54, 1.807) is 13.3 Å². The molecule has 5 aromatic rings. The number of benzene rings is 4. The molecule has 0 spiro atoms. The molecule has 0 aliphatic carbocycles. The molecule has 1 atom stereocenters. The summed E-state index contributed by atoms with van der Waals surface area (Å²) < 4.78 is 34.6. The molecule has 2 heterocycles. The Morgan fingerprint density at radius 1 is 0.837 bits per heavy atom. The van der Waals surface area contributed by atoms with Crippen LogP contribution >= 0.6 is 0 Å². The van der Waals surface area contributed by atoms with Gasteiger partial charge in [0.05, 0.1) is 32.1 Å². The number of Topliss-reactive ketones (excluding diaryl/α,β-unsaturated/α-hetero) is 1. The molecule has 1 aliphatic heterocycles. The summed E-state index contributed by atoms with van der Waals surface area (Å²) in [4.78, 5) is 30.2. The number of ketones is 1. The van der Waals surface area contributed by atoms with E-state index in [0.29, 0.717) is 60.4 Å². The van der Waals surface area contributed by atoms with Gasteiger partial charge < -0.3 is 33.4 Å². The van der Waals surface area contributed by atoms with E-state index in [9.17, 15) is 9.59 Å². The lowest BCUT2D eigenvalue weighted by molar-refractivity contribution is -0.117. The summed E-state index contributed by atoms with van der Waals surface area (Å²) in [6, 6.07) is 28.9. The average Bonchev–Trinajstić information content (AvgIpc) is 3.85. The van der Waals surface area contributed by atoms with Gasteiger partial charge in [-0.1, -0.05) is 72.8 Å². The van der Waals surface area contributed by atoms with Crippen molar-refractivity contribution in [2.75, 3.05) is 20.3 Å². The van der Waals surface area contributed by atoms with Crippen LogP contribution in [0.3, 0.4) is 0 Å². The van der Waals surface area contributed by atoms with E-state index in [2.05, 4.69) is 10.3 Å². The van der Waals surface area contributed by atoms with Gasteiger partial charge in [-0.3, -0.25) is 4.79 Å². The van der Waals surface area contributed by atoms with Crippen LogP contribution in [0.15, 0.2) is 108 Å². The van der Waals surface area contributed by atoms with Crippen LogP contribution in [-0.4, -0.2) is 43.3 Å². The smallest absolute Gasteiger partial charge is 0.407 e. The fraction of sp³-hybridized carbons (Fsp3) is 0.256. The van der Waals surface area contributed by atoms with Gasteiger partial charge >= 0.3 is 6.09 Å². The summed E-state index contributed by atoms with van der Waals surface area (Å²) in [5.74, 6) is 1.99. The number of amides is 1. The number of aromatic nitrogens is 1. The van der Waals surface area contributed by atoms with Crippen molar-refractivity contribution in [3.05, 3.63) is 131 Å². The lowest BCUT2D eigenvalue weighted by atomic mass is 9.98. The number of carbonyl (C=O) groups excluding carboxylic acids is 2. The summed E-state index contributed by atoms with van der Waals surface area (Å²) in [5.41, 5.74) is 4.86. The van der Waals surface area contributed by atoms with Crippen molar-refractivity contribution in [1.82, 2.24) is 10.3 Å². The van der Waals surface area contributed by atoms with Gasteiger partial charge in [-0.25, -0.2) is 9.78 Å². The number of carbonyl (C=O) groups is 2. The van der Waals surface area contributed by atoms with E-state index in [-0.39, 0.29) is 37.9 Å². The fourth-order valence-corrected chi connectivity index (χ4v) is 5.61. The van der Waals surface area contributed by atoms with E-state index < -0.39 is 6.09 Å². The van der Waals surface area contributed by atoms with Gasteiger partial charge in [0, 0.05) is 31.4 Å². The van der Waals surface area contributed by atoms with Gasteiger partial charge in [-0.15, -0.1) is 0 Å². The van der Waals surface area contributed by atoms with Gasteiger partial charge in [0.1, 0.15) is 30.9 Å². The second kappa shape index (κ2) is 16.5. The maximum absolute atomic E-state index is 13.7. The predicted molar refractivity (Wildman–Crippen MR) is 181 cm³/mol. The predicted octanol–water partition coefficient (Wildman–Crippen LogP) is 6.88. The molecule has 1 N–H and O–H groups in total. The van der Waals surface area contributed by atoms with Gasteiger partial charge in [-0.2, -0.15) is 0 Å². The second-order valence-corrected chi connectivity index (χ2v) is 11.7. The summed E-state index contributed by atoms with van der Waals surface area (Å²) >= 11 is 0. The van der Waals surface area contributed by atoms with Crippen LogP contribution in [0.25, 0.3) is 11.3 Å². The van der Waals surface area contributed by atoms with Crippen molar-refractivity contribution in [2.45, 2.75) is 45.1 Å². The molecule has 10 heteroatoms. The zero-order valence-corrected chi connectivity index (χ0v) is 27.3. The van der Waals surface area contributed by atoms with E-state index in [1.807, 2.05) is 91.0 Å². The van der Waals surface area contributed by atoms with Crippen molar-refractivity contribution >= 4 is 11.9 Å². The highest BCUT2D eigenvalue weighted by Gasteiger charge is 2.22. The zero-order valence-electron chi connectivity index (χ0n) is 27.3. The second-order valence-electron chi connectivity index (χ2n) is 11.7. The number of alkyl carbamates (subject to hydrolysis) is 1. The zero-order chi connectivity index (χ0) is 33.8. The first-order valence-electron chi connectivity index (χ1n) is 16.1. The van der Waals surface area contributed by atoms with E-state index in [0.717, 1.165) is 22.3 Å². The third-order valence-electron chi connectivity index (χ3n) is 7.98. The maximum Gasteiger partial charge on any atom is 0.407 e. The number of oxazole rings is 1. The SMILES string of the molecule is COc1c(-c2cnco2)ccc(CC(=O)Cc2cc(CNC(=O)O[C@H]3CCOC3)cc(OCc3ccccc3)c2)c1OCc1ccccc1. The summed E-state index contributed by atoms with van der Waals surface area (Å²) in [6.45, 7) is 1.82. The van der Waals surface area contributed by atoms with Crippen LogP contribution in [0.5, 0.6) is 17.2 Å². The Morgan fingerprint density at radius 3 is 2.24 bits per heavy atom. The van der Waals surface area contributed by atoms with Gasteiger partial charge in [0.2, 0.25) is 0 Å². The van der Waals surface area contributed by atoms with Crippen LogP contribution < -0.4 is 19.5 Å². The number of ether oxygens (including phenoxy) is 5. The largest absolute Gasteiger partial charge is 0.492 e. The van der Waals surface area contributed by atoms with Crippen molar-refractivity contribution < 1.29 is 37.7 Å². The molecular formula is C39H38N2O8. The molecule has 10 nitrogen and oxygen atoms in total. The summed E-state index contributed by atoms with van der Waals surface area (Å²) in [5, 5.41) is 2.81. The first-order valence-corrected chi connectivity index (χ1v) is 16.1. The standard InChI is InChI=1S/C39H38N2O8/c1-44-38-35(36-22-40-26-48-36)13-12-31(37(38)47-24-28-10-6-3-7-11-28)20-32(42)17-29-16-30(21-41-39(43)49-33-14-15-45-25-33)19-34(18-29)46-23-27-8-4-2-5-9-27/h2-13,16,18-19,22,26,33H,14-15,17,20-21,23-25H2,1H3,(H,41,43)/t33-/m0/s1. The number of hydrogen-bond donors (Lipinski definition) is 1. The number of nitrogens with one attached hydrogen (secondary N) is 1. The molecule has 1 fully saturated rings. The minimum atomic E-state index is -0.519. The van der Waals surface area contributed by atoms with E-state index >= 15 is 0 Å². The molecule has 1 amide bonds. The Hall–Kier alpha value is -5.61. The minimum Gasteiger partial charge on any atom is -0.492 e. The Balaban J connectivity index is 1.21. The average molecular weight is 663 g/mol. The Kier molecular flexibility index (Phi) is 11.2. The van der Waals surface area contributed by atoms with Crippen molar-refractivity contribution in [1.29, 1.82) is 0 Å². The van der Waals surface area contributed by atoms with Crippen LogP contribution in [0.1, 0.15) is 34.2 Å². The molecule has 1 saturated heterocycles. The number of methoxy groups -OCH3 is 1. The third-order valence-corrected chi connectivity index (χ3v) is 7.98. The molecule has 4 aromatic carbocycles. The summed E-state index contributed by atoms with van der Waals surface area (Å²) in [6.07, 6.45) is 3.08. The number of rotatable bonds is 15. The lowest BCUT2D eigenvalue weighted by Crippen LogP contribution is -2.28. The van der Waals surface area contributed by atoms with Gasteiger partial charge in [-0.05, 0) is 40.5 Å². The Bertz CT molecular complexity index is 1820. The number of nitrogens with zero attached hydrogens (tertiary/aromatic N) is 1. The van der Waals surface area contributed by atoms with Crippen molar-refractivity contribution in [3.8, 4) is 28.6 Å². The van der Waals surface area contributed by atoms with Gasteiger partial charge in [0.15, 0.2) is 23.7 Å². The highest BCUT2D eigenvalue weighted by molar-refractivity contribution is 5.85. The number of hydrogen-bond acceptors (Lipinski definition) is 9. The molecule has 49 heavy (non-hydrogen) atoms. The van der Waals surface area contributed by atoms with Gasteiger partial charge in [0.25, 0.3) is 0 Å². The normalized spacial score (nSPS) is 13.9. The van der Waals surface area contributed by atoms with Crippen molar-refractivity contribution in [3.63, 3.8) is 0 Å². The maximum atomic E-state index is 13.7. The highest BCUT2D eigenvalue weighted by Crippen LogP contribution is 2.41. The molecule has 1 aliphatic rings. The van der Waals surface area contributed by atoms with Crippen LogP contribution in [0, 0.1) is 0 Å². The monoisotopic (exact) mass is 662 g/mol. The molecule has 252 valence electrons. The van der Waals surface area contributed by atoms with Crippen LogP contribution in [0.2, 0.25) is 0 Å². The molecule has 0 radical (unpaired) electrons. The molecular weight excluding hydrogens is 624 g/mol. The van der Waals surface area contributed by atoms with Crippen LogP contribution in [-0.2, 0) is 46.9 Å². The van der Waals surface area contributed by atoms with E-state index in [1.165, 1.54) is 6.39 Å². The Labute approximate surface area is 284 Å². The van der Waals surface area contributed by atoms with E-state index in [4.69, 9.17) is 28.1 Å². The van der Waals surface area contributed by atoms with Crippen LogP contribution in [0.4, 0.5) is 4.79 Å². The molecule has 1 aromatic heterocycles. The molecule has 6 rings (SSSR count). The quantitative estimate of drug-likeness (QED) is 0.128. The Morgan fingerprint density at radius 2 is 1.57 bits per heavy atom. The summed E-state index contributed by atoms with van der Waals surface area (Å²) in [7, 11) is 1.56. The first-order chi connectivity index (χ1) is 24.0. The topological polar surface area (TPSA) is 118 Å². The fourth-order valence-electron chi connectivity index (χ4n) is 5.61. The lowest BCUT2D eigenvalue weighted by Gasteiger charge is -2.18. The first kappa shape index (κ1) is 33.3. The molecule has 0 bridgehead atoms. The molecule has 0 unspecified atom stereocenters.